The van der Waals surface area contributed by atoms with Gasteiger partial charge in [-0.3, -0.25) is 0 Å². The van der Waals surface area contributed by atoms with Crippen molar-refractivity contribution in [1.29, 1.82) is 0 Å². The average Bonchev–Trinajstić information content (AvgIpc) is 2.87. The molecule has 0 N–H and O–H groups in total. The monoisotopic (exact) mass is 347 g/mol. The van der Waals surface area contributed by atoms with Crippen LogP contribution in [0.2, 0.25) is 5.02 Å². The first-order valence-corrected chi connectivity index (χ1v) is 7.47. The van der Waals surface area contributed by atoms with Crippen LogP contribution in [-0.4, -0.2) is 11.9 Å². The van der Waals surface area contributed by atoms with Gasteiger partial charge < -0.3 is 4.74 Å². The lowest BCUT2D eigenvalue weighted by molar-refractivity contribution is -0.129. The molecule has 3 rings (SSSR count). The van der Waals surface area contributed by atoms with Crippen LogP contribution in [0.25, 0.3) is 6.08 Å². The molecule has 0 atom stereocenters. The van der Waals surface area contributed by atoms with Crippen LogP contribution in [0.3, 0.4) is 0 Å². The zero-order valence-corrected chi connectivity index (χ0v) is 13.6. The predicted octanol–water partition coefficient (Wildman–Crippen LogP) is 4.58. The lowest BCUT2D eigenvalue weighted by Gasteiger charge is -2.03. The summed E-state index contributed by atoms with van der Waals surface area (Å²) in [4.78, 5) is 16.1. The zero-order chi connectivity index (χ0) is 17.4. The molecule has 0 saturated heterocycles. The van der Waals surface area contributed by atoms with Crippen molar-refractivity contribution in [2.75, 3.05) is 0 Å². The highest BCUT2D eigenvalue weighted by Crippen LogP contribution is 2.26. The Morgan fingerprint density at radius 2 is 1.83 bits per heavy atom. The molecule has 1 heterocycles. The molecule has 2 aromatic rings. The van der Waals surface area contributed by atoms with Crippen LogP contribution in [0, 0.1) is 25.5 Å². The molecule has 122 valence electrons. The van der Waals surface area contributed by atoms with Crippen molar-refractivity contribution in [3.63, 3.8) is 0 Å². The third-order valence-corrected chi connectivity index (χ3v) is 3.90. The molecule has 0 aromatic heterocycles. The van der Waals surface area contributed by atoms with Crippen molar-refractivity contribution >= 4 is 29.5 Å². The lowest BCUT2D eigenvalue weighted by Crippen LogP contribution is -2.07. The van der Waals surface area contributed by atoms with Crippen molar-refractivity contribution < 1.29 is 18.3 Å². The van der Waals surface area contributed by atoms with Crippen molar-refractivity contribution in [3.05, 3.63) is 74.9 Å². The molecule has 0 fully saturated rings. The first kappa shape index (κ1) is 16.3. The molecule has 1 aliphatic rings. The second kappa shape index (κ2) is 6.17. The van der Waals surface area contributed by atoms with Gasteiger partial charge in [-0.1, -0.05) is 35.4 Å². The van der Waals surface area contributed by atoms with Crippen LogP contribution in [0.5, 0.6) is 0 Å². The maximum Gasteiger partial charge on any atom is 0.363 e. The summed E-state index contributed by atoms with van der Waals surface area (Å²) in [6.45, 7) is 3.84. The Hall–Kier alpha value is -2.53. The average molecular weight is 348 g/mol. The summed E-state index contributed by atoms with van der Waals surface area (Å²) < 4.78 is 31.6. The van der Waals surface area contributed by atoms with Crippen molar-refractivity contribution in [3.8, 4) is 0 Å². The Balaban J connectivity index is 2.04. The minimum atomic E-state index is -1.10. The number of aliphatic imine (C=N–C) groups is 1. The molecule has 0 bridgehead atoms. The van der Waals surface area contributed by atoms with Gasteiger partial charge in [0.15, 0.2) is 17.3 Å². The summed E-state index contributed by atoms with van der Waals surface area (Å²) in [6.07, 6.45) is 1.59. The molecule has 3 nitrogen and oxygen atoms in total. The summed E-state index contributed by atoms with van der Waals surface area (Å²) in [5, 5.41) is -0.0894. The van der Waals surface area contributed by atoms with Crippen LogP contribution >= 0.6 is 11.6 Å². The van der Waals surface area contributed by atoms with Gasteiger partial charge in [0.1, 0.15) is 0 Å². The Labute approximate surface area is 142 Å². The fourth-order valence-electron chi connectivity index (χ4n) is 2.27. The summed E-state index contributed by atoms with van der Waals surface area (Å²) in [5.41, 5.74) is 2.91. The predicted molar refractivity (Wildman–Crippen MR) is 87.9 cm³/mol. The van der Waals surface area contributed by atoms with E-state index in [9.17, 15) is 13.6 Å². The van der Waals surface area contributed by atoms with E-state index in [1.807, 2.05) is 32.0 Å². The molecule has 0 saturated carbocycles. The Bertz CT molecular complexity index is 919. The fraction of sp³-hybridized carbons (Fsp3) is 0.111. The van der Waals surface area contributed by atoms with Gasteiger partial charge in [0, 0.05) is 0 Å². The topological polar surface area (TPSA) is 38.7 Å². The van der Waals surface area contributed by atoms with Gasteiger partial charge >= 0.3 is 5.97 Å². The van der Waals surface area contributed by atoms with E-state index < -0.39 is 17.6 Å². The van der Waals surface area contributed by atoms with Gasteiger partial charge in [-0.2, -0.15) is 0 Å². The zero-order valence-electron chi connectivity index (χ0n) is 12.9. The van der Waals surface area contributed by atoms with Crippen LogP contribution in [-0.2, 0) is 9.53 Å². The van der Waals surface area contributed by atoms with E-state index in [4.69, 9.17) is 16.3 Å². The molecule has 0 amide bonds. The number of cyclic esters (lactones) is 1. The molecule has 0 radical (unpaired) electrons. The number of carbonyl (C=O) groups excluding carboxylic acids is 1. The molecule has 0 spiro atoms. The number of esters is 1. The first-order valence-electron chi connectivity index (χ1n) is 7.10. The Morgan fingerprint density at radius 3 is 2.58 bits per heavy atom. The number of carbonyl (C=O) groups is 1. The van der Waals surface area contributed by atoms with Gasteiger partial charge in [-0.15, -0.1) is 0 Å². The quantitative estimate of drug-likeness (QED) is 0.453. The van der Waals surface area contributed by atoms with E-state index in [0.717, 1.165) is 28.8 Å². The summed E-state index contributed by atoms with van der Waals surface area (Å²) >= 11 is 5.88. The summed E-state index contributed by atoms with van der Waals surface area (Å²) in [5.74, 6) is -3.01. The fourth-order valence-corrected chi connectivity index (χ4v) is 2.50. The van der Waals surface area contributed by atoms with E-state index >= 15 is 0 Å². The van der Waals surface area contributed by atoms with Crippen LogP contribution in [0.15, 0.2) is 41.0 Å². The maximum absolute atomic E-state index is 13.4. The van der Waals surface area contributed by atoms with Crippen LogP contribution in [0.1, 0.15) is 22.3 Å². The van der Waals surface area contributed by atoms with E-state index in [1.165, 1.54) is 0 Å². The SMILES string of the molecule is Cc1ccc(C)c(/C=C2/N=C(c3cc(F)c(F)cc3Cl)OC2=O)c1. The van der Waals surface area contributed by atoms with E-state index in [-0.39, 0.29) is 22.2 Å². The number of nitrogens with zero attached hydrogens (tertiary/aromatic N) is 1. The molecule has 24 heavy (non-hydrogen) atoms. The van der Waals surface area contributed by atoms with Gasteiger partial charge in [0.05, 0.1) is 10.6 Å². The van der Waals surface area contributed by atoms with Crippen molar-refractivity contribution in [2.24, 2.45) is 4.99 Å². The Kier molecular flexibility index (Phi) is 4.20. The summed E-state index contributed by atoms with van der Waals surface area (Å²) in [6, 6.07) is 7.46. The highest BCUT2D eigenvalue weighted by molar-refractivity contribution is 6.34. The van der Waals surface area contributed by atoms with Gasteiger partial charge in [-0.25, -0.2) is 18.6 Å². The number of hydrogen-bond donors (Lipinski definition) is 0. The molecule has 6 heteroatoms. The number of rotatable bonds is 2. The molecule has 2 aromatic carbocycles. The molecule has 0 unspecified atom stereocenters. The lowest BCUT2D eigenvalue weighted by atomic mass is 10.0. The standard InChI is InChI=1S/C18H12ClF2NO2/c1-9-3-4-10(2)11(5-9)6-16-18(23)24-17(22-16)12-7-14(20)15(21)8-13(12)19/h3-8H,1-2H3/b16-6+. The largest absolute Gasteiger partial charge is 0.402 e. The van der Waals surface area contributed by atoms with Crippen LogP contribution < -0.4 is 0 Å². The van der Waals surface area contributed by atoms with Crippen molar-refractivity contribution in [1.82, 2.24) is 0 Å². The van der Waals surface area contributed by atoms with E-state index in [2.05, 4.69) is 4.99 Å². The number of halogens is 3. The van der Waals surface area contributed by atoms with E-state index in [1.54, 1.807) is 6.08 Å². The first-order chi connectivity index (χ1) is 11.3. The molecule has 1 aliphatic heterocycles. The highest BCUT2D eigenvalue weighted by atomic mass is 35.5. The van der Waals surface area contributed by atoms with Gasteiger partial charge in [0.25, 0.3) is 0 Å². The van der Waals surface area contributed by atoms with Gasteiger partial charge in [-0.05, 0) is 43.2 Å². The smallest absolute Gasteiger partial charge is 0.363 e. The normalized spacial score (nSPS) is 15.6. The molecule has 0 aliphatic carbocycles. The molecular formula is C18H12ClF2NO2. The number of hydrogen-bond acceptors (Lipinski definition) is 3. The third kappa shape index (κ3) is 3.08. The summed E-state index contributed by atoms with van der Waals surface area (Å²) in [7, 11) is 0. The third-order valence-electron chi connectivity index (χ3n) is 3.59. The number of aryl methyl sites for hydroxylation is 2. The minimum Gasteiger partial charge on any atom is -0.402 e. The number of benzene rings is 2. The highest BCUT2D eigenvalue weighted by Gasteiger charge is 2.26. The van der Waals surface area contributed by atoms with Gasteiger partial charge in [0.2, 0.25) is 5.90 Å². The minimum absolute atomic E-state index is 0.0216. The van der Waals surface area contributed by atoms with Crippen LogP contribution in [0.4, 0.5) is 8.78 Å². The van der Waals surface area contributed by atoms with E-state index in [0.29, 0.717) is 0 Å². The second-order valence-corrected chi connectivity index (χ2v) is 5.85. The molecular weight excluding hydrogens is 336 g/mol. The maximum atomic E-state index is 13.4. The van der Waals surface area contributed by atoms with Crippen molar-refractivity contribution in [2.45, 2.75) is 13.8 Å². The number of ether oxygens (including phenoxy) is 1. The second-order valence-electron chi connectivity index (χ2n) is 5.44. The Morgan fingerprint density at radius 1 is 1.12 bits per heavy atom.